The quantitative estimate of drug-likeness (QED) is 0.598. The lowest BCUT2D eigenvalue weighted by molar-refractivity contribution is -0.126. The normalized spacial score (nSPS) is 26.3. The van der Waals surface area contributed by atoms with Crippen LogP contribution in [0.5, 0.6) is 5.75 Å². The van der Waals surface area contributed by atoms with Gasteiger partial charge in [0.15, 0.2) is 9.84 Å². The minimum absolute atomic E-state index is 0.0192. The molecule has 1 saturated heterocycles. The third-order valence-corrected chi connectivity index (χ3v) is 9.50. The van der Waals surface area contributed by atoms with E-state index in [2.05, 4.69) is 15.2 Å². The Morgan fingerprint density at radius 3 is 2.67 bits per heavy atom. The predicted octanol–water partition coefficient (Wildman–Crippen LogP) is 2.78. The lowest BCUT2D eigenvalue weighted by Crippen LogP contribution is -2.64. The van der Waals surface area contributed by atoms with Crippen LogP contribution in [0.3, 0.4) is 0 Å². The average Bonchev–Trinajstić information content (AvgIpc) is 3.35. The molecule has 5 rings (SSSR count). The summed E-state index contributed by atoms with van der Waals surface area (Å²) >= 11 is 0. The van der Waals surface area contributed by atoms with E-state index in [9.17, 15) is 31.5 Å². The van der Waals surface area contributed by atoms with Crippen molar-refractivity contribution >= 4 is 15.7 Å². The smallest absolute Gasteiger partial charge is 0.387 e. The summed E-state index contributed by atoms with van der Waals surface area (Å²) in [6.07, 6.45) is 2.51. The van der Waals surface area contributed by atoms with Crippen LogP contribution in [-0.4, -0.2) is 59.0 Å². The summed E-state index contributed by atoms with van der Waals surface area (Å²) in [5.74, 6) is -1.74. The lowest BCUT2D eigenvalue weighted by Gasteiger charge is -2.39. The molecule has 1 aliphatic heterocycles. The summed E-state index contributed by atoms with van der Waals surface area (Å²) < 4.78 is 69.8. The molecule has 2 N–H and O–H groups in total. The molecule has 3 atom stereocenters. The van der Waals surface area contributed by atoms with Gasteiger partial charge in [0.1, 0.15) is 11.6 Å². The first-order chi connectivity index (χ1) is 16.9. The number of benzene rings is 1. The Morgan fingerprint density at radius 2 is 2.03 bits per heavy atom. The van der Waals surface area contributed by atoms with Gasteiger partial charge in [-0.2, -0.15) is 13.9 Å². The highest BCUT2D eigenvalue weighted by Crippen LogP contribution is 2.40. The summed E-state index contributed by atoms with van der Waals surface area (Å²) in [5.41, 5.74) is 0.928. The molecule has 36 heavy (non-hydrogen) atoms. The van der Waals surface area contributed by atoms with Gasteiger partial charge in [-0.05, 0) is 57.2 Å². The Hall–Kier alpha value is -2.60. The molecule has 0 radical (unpaired) electrons. The molecule has 12 heteroatoms. The van der Waals surface area contributed by atoms with Crippen LogP contribution in [0.15, 0.2) is 18.2 Å². The number of aromatic nitrogens is 2. The fraction of sp³-hybridized carbons (Fsp3) is 0.583. The van der Waals surface area contributed by atoms with Crippen LogP contribution in [0.4, 0.5) is 13.2 Å². The van der Waals surface area contributed by atoms with E-state index in [1.807, 2.05) is 0 Å². The van der Waals surface area contributed by atoms with E-state index >= 15 is 0 Å². The number of rotatable bonds is 6. The maximum atomic E-state index is 14.9. The second-order valence-corrected chi connectivity index (χ2v) is 12.4. The van der Waals surface area contributed by atoms with Gasteiger partial charge < -0.3 is 15.2 Å². The third kappa shape index (κ3) is 4.72. The number of alkyl halides is 2. The number of nitrogens with zero attached hydrogens (tertiary/aromatic N) is 2. The largest absolute Gasteiger partial charge is 0.435 e. The number of fused-ring (bicyclic) bond motifs is 1. The Morgan fingerprint density at radius 1 is 1.28 bits per heavy atom. The van der Waals surface area contributed by atoms with E-state index in [1.54, 1.807) is 11.6 Å². The van der Waals surface area contributed by atoms with E-state index in [4.69, 9.17) is 0 Å². The molecule has 0 bridgehead atoms. The van der Waals surface area contributed by atoms with Crippen LogP contribution in [0.1, 0.15) is 49.9 Å². The number of sulfone groups is 1. The summed E-state index contributed by atoms with van der Waals surface area (Å²) in [6, 6.07) is 3.02. The molecule has 1 aromatic heterocycles. The third-order valence-electron chi connectivity index (χ3n) is 7.35. The van der Waals surface area contributed by atoms with Crippen LogP contribution in [-0.2, 0) is 27.5 Å². The van der Waals surface area contributed by atoms with Crippen LogP contribution in [0.2, 0.25) is 0 Å². The zero-order valence-electron chi connectivity index (χ0n) is 19.7. The Bertz CT molecular complexity index is 1280. The molecule has 2 heterocycles. The van der Waals surface area contributed by atoms with Gasteiger partial charge in [0.25, 0.3) is 0 Å². The molecule has 1 unspecified atom stereocenters. The summed E-state index contributed by atoms with van der Waals surface area (Å²) in [6.45, 7) is -1.36. The Balaban J connectivity index is 1.48. The first-order valence-electron chi connectivity index (χ1n) is 12.0. The second kappa shape index (κ2) is 9.05. The van der Waals surface area contributed by atoms with Gasteiger partial charge in [0.05, 0.1) is 34.9 Å². The Labute approximate surface area is 206 Å². The van der Waals surface area contributed by atoms with Gasteiger partial charge >= 0.3 is 6.61 Å². The maximum absolute atomic E-state index is 14.9. The van der Waals surface area contributed by atoms with Gasteiger partial charge in [-0.3, -0.25) is 9.48 Å². The molecule has 0 spiro atoms. The van der Waals surface area contributed by atoms with Gasteiger partial charge in [-0.25, -0.2) is 12.8 Å². The van der Waals surface area contributed by atoms with E-state index < -0.39 is 39.8 Å². The standard InChI is InChI=1S/C24H28F3N3O5S/c1-24(11-36(33,34)12-24)28-22(32)13-5-7-15-19(9-13)30(18-3-2-4-20(18)31)29-21(15)16-10-14(35-23(26)27)6-8-17(16)25/h6,8,10,13,18,20,23,31H,2-5,7,9,11-12H2,1H3,(H,28,32)/t13-,18?,20+/m1/s1. The van der Waals surface area contributed by atoms with Crippen LogP contribution in [0, 0.1) is 11.7 Å². The van der Waals surface area contributed by atoms with Crippen molar-refractivity contribution in [3.8, 4) is 17.0 Å². The van der Waals surface area contributed by atoms with Gasteiger partial charge in [-0.15, -0.1) is 0 Å². The highest BCUT2D eigenvalue weighted by atomic mass is 32.2. The van der Waals surface area contributed by atoms with Crippen LogP contribution >= 0.6 is 0 Å². The number of aliphatic hydroxyl groups excluding tert-OH is 1. The molecule has 3 aliphatic rings. The highest BCUT2D eigenvalue weighted by Gasteiger charge is 2.47. The van der Waals surface area contributed by atoms with Gasteiger partial charge in [0.2, 0.25) is 5.91 Å². The first-order valence-corrected chi connectivity index (χ1v) is 13.8. The van der Waals surface area contributed by atoms with Crippen molar-refractivity contribution < 1.29 is 36.2 Å². The molecule has 8 nitrogen and oxygen atoms in total. The molecule has 2 aromatic rings. The highest BCUT2D eigenvalue weighted by molar-refractivity contribution is 7.93. The zero-order valence-corrected chi connectivity index (χ0v) is 20.5. The fourth-order valence-corrected chi connectivity index (χ4v) is 7.82. The van der Waals surface area contributed by atoms with Crippen molar-refractivity contribution in [1.82, 2.24) is 15.1 Å². The van der Waals surface area contributed by atoms with Crippen molar-refractivity contribution in [3.05, 3.63) is 35.3 Å². The molecule has 196 valence electrons. The number of hydrogen-bond acceptors (Lipinski definition) is 6. The van der Waals surface area contributed by atoms with E-state index in [0.29, 0.717) is 36.9 Å². The number of carbonyl (C=O) groups excluding carboxylic acids is 1. The van der Waals surface area contributed by atoms with Crippen LogP contribution < -0.4 is 10.1 Å². The summed E-state index contributed by atoms with van der Waals surface area (Å²) in [4.78, 5) is 13.1. The Kier molecular flexibility index (Phi) is 6.30. The predicted molar refractivity (Wildman–Crippen MR) is 124 cm³/mol. The maximum Gasteiger partial charge on any atom is 0.387 e. The number of aliphatic hydroxyl groups is 1. The summed E-state index contributed by atoms with van der Waals surface area (Å²) in [5, 5.41) is 18.1. The molecule has 1 saturated carbocycles. The number of ether oxygens (including phenoxy) is 1. The number of nitrogens with one attached hydrogen (secondary N) is 1. The van der Waals surface area contributed by atoms with E-state index in [1.165, 1.54) is 6.07 Å². The monoisotopic (exact) mass is 527 g/mol. The van der Waals surface area contributed by atoms with Crippen molar-refractivity contribution in [1.29, 1.82) is 0 Å². The minimum atomic E-state index is -3.13. The molecule has 1 amide bonds. The van der Waals surface area contributed by atoms with Crippen molar-refractivity contribution in [2.24, 2.45) is 5.92 Å². The minimum Gasteiger partial charge on any atom is -0.435 e. The fourth-order valence-electron chi connectivity index (χ4n) is 5.82. The zero-order chi connectivity index (χ0) is 25.8. The van der Waals surface area contributed by atoms with E-state index in [0.717, 1.165) is 18.6 Å². The molecule has 2 fully saturated rings. The molecule has 1 aromatic carbocycles. The van der Waals surface area contributed by atoms with Gasteiger partial charge in [-0.1, -0.05) is 0 Å². The number of halogens is 3. The van der Waals surface area contributed by atoms with E-state index in [-0.39, 0.29) is 46.9 Å². The molecule has 2 aliphatic carbocycles. The second-order valence-electron chi connectivity index (χ2n) is 10.3. The molecular formula is C24H28F3N3O5S. The molecular weight excluding hydrogens is 499 g/mol. The van der Waals surface area contributed by atoms with Crippen molar-refractivity contribution in [3.63, 3.8) is 0 Å². The number of amides is 1. The average molecular weight is 528 g/mol. The lowest BCUT2D eigenvalue weighted by atomic mass is 9.84. The summed E-state index contributed by atoms with van der Waals surface area (Å²) in [7, 11) is -3.13. The number of hydrogen-bond donors (Lipinski definition) is 2. The van der Waals surface area contributed by atoms with Crippen molar-refractivity contribution in [2.45, 2.75) is 69.7 Å². The first kappa shape index (κ1) is 25.1. The topological polar surface area (TPSA) is 111 Å². The number of carbonyl (C=O) groups is 1. The van der Waals surface area contributed by atoms with Gasteiger partial charge in [0, 0.05) is 29.2 Å². The van der Waals surface area contributed by atoms with Crippen molar-refractivity contribution in [2.75, 3.05) is 11.5 Å². The SMILES string of the molecule is CC1(NC(=O)[C@@H]2CCc3c(-c4cc(OC(F)F)ccc4F)nn(C4CCC[C@@H]4O)c3C2)CS(=O)(=O)C1. The van der Waals surface area contributed by atoms with Crippen LogP contribution in [0.25, 0.3) is 11.3 Å².